The maximum atomic E-state index is 12.3. The minimum atomic E-state index is -1.30. The van der Waals surface area contributed by atoms with E-state index in [1.165, 1.54) is 5.57 Å². The predicted octanol–water partition coefficient (Wildman–Crippen LogP) is 3.54. The molecule has 0 aromatic carbocycles. The van der Waals surface area contributed by atoms with E-state index in [-0.39, 0.29) is 18.5 Å². The Morgan fingerprint density at radius 3 is 2.50 bits per heavy atom. The molecule has 1 saturated carbocycles. The number of esters is 1. The number of allylic oxidation sites excluding steroid dienone is 1. The highest BCUT2D eigenvalue weighted by atomic mass is 28.3. The maximum absolute atomic E-state index is 12.3. The first kappa shape index (κ1) is 17.4. The molecule has 4 heteroatoms. The van der Waals surface area contributed by atoms with Crippen LogP contribution in [-0.4, -0.2) is 31.4 Å². The van der Waals surface area contributed by atoms with Crippen LogP contribution in [0.4, 0.5) is 0 Å². The van der Waals surface area contributed by atoms with E-state index in [2.05, 4.69) is 25.3 Å². The molecular formula is C16H30O3Si. The number of rotatable bonds is 4. The van der Waals surface area contributed by atoms with Crippen LogP contribution in [0.15, 0.2) is 11.3 Å². The van der Waals surface area contributed by atoms with Gasteiger partial charge < -0.3 is 9.84 Å². The number of carbonyl (C=O) groups is 1. The summed E-state index contributed by atoms with van der Waals surface area (Å²) in [6.45, 7) is 12.4. The number of hydrogen-bond acceptors (Lipinski definition) is 3. The van der Waals surface area contributed by atoms with Gasteiger partial charge in [0.25, 0.3) is 0 Å². The highest BCUT2D eigenvalue weighted by molar-refractivity contribution is 6.81. The molecule has 0 aliphatic heterocycles. The minimum Gasteiger partial charge on any atom is -0.460 e. The summed E-state index contributed by atoms with van der Waals surface area (Å²) in [5, 5.41) is 9.65. The molecular weight excluding hydrogens is 268 g/mol. The molecule has 0 amide bonds. The second kappa shape index (κ2) is 6.44. The van der Waals surface area contributed by atoms with Crippen LogP contribution in [0.25, 0.3) is 0 Å². The van der Waals surface area contributed by atoms with Gasteiger partial charge in [-0.3, -0.25) is 4.79 Å². The molecule has 0 radical (unpaired) electrons. The quantitative estimate of drug-likeness (QED) is 0.638. The smallest absolute Gasteiger partial charge is 0.312 e. The van der Waals surface area contributed by atoms with Gasteiger partial charge in [0.15, 0.2) is 0 Å². The van der Waals surface area contributed by atoms with Crippen LogP contribution in [-0.2, 0) is 9.53 Å². The van der Waals surface area contributed by atoms with Crippen molar-refractivity contribution in [2.75, 3.05) is 6.61 Å². The number of aliphatic hydroxyl groups excluding tert-OH is 1. The van der Waals surface area contributed by atoms with Crippen molar-refractivity contribution >= 4 is 14.0 Å². The topological polar surface area (TPSA) is 46.5 Å². The van der Waals surface area contributed by atoms with Gasteiger partial charge in [-0.05, 0) is 46.0 Å². The standard InChI is InChI=1S/C16H30O3Si/c1-16(2,3)19-15(18)14(10-17)13-9-7-8-12(13)11-20(4,5)6/h11,13-14,17H,7-10H2,1-6H3/b12-11+/t13-,14+/m0/s1. The van der Waals surface area contributed by atoms with Gasteiger partial charge in [0.1, 0.15) is 5.60 Å². The summed E-state index contributed by atoms with van der Waals surface area (Å²) < 4.78 is 5.47. The van der Waals surface area contributed by atoms with E-state index in [0.29, 0.717) is 0 Å². The fourth-order valence-corrected chi connectivity index (χ4v) is 4.31. The molecule has 2 atom stereocenters. The molecule has 3 nitrogen and oxygen atoms in total. The van der Waals surface area contributed by atoms with Crippen LogP contribution >= 0.6 is 0 Å². The first-order valence-electron chi connectivity index (χ1n) is 7.59. The van der Waals surface area contributed by atoms with Gasteiger partial charge in [0, 0.05) is 0 Å². The summed E-state index contributed by atoms with van der Waals surface area (Å²) in [6, 6.07) is 0. The maximum Gasteiger partial charge on any atom is 0.312 e. The molecule has 116 valence electrons. The molecule has 1 fully saturated rings. The lowest BCUT2D eigenvalue weighted by atomic mass is 9.88. The van der Waals surface area contributed by atoms with Crippen LogP contribution in [0.2, 0.25) is 19.6 Å². The Labute approximate surface area is 124 Å². The van der Waals surface area contributed by atoms with Gasteiger partial charge in [-0.2, -0.15) is 0 Å². The molecule has 1 aliphatic rings. The van der Waals surface area contributed by atoms with E-state index >= 15 is 0 Å². The number of ether oxygens (including phenoxy) is 1. The van der Waals surface area contributed by atoms with Gasteiger partial charge >= 0.3 is 5.97 Å². The van der Waals surface area contributed by atoms with Crippen molar-refractivity contribution < 1.29 is 14.6 Å². The zero-order valence-corrected chi connectivity index (χ0v) is 14.8. The third-order valence-corrected chi connectivity index (χ3v) is 4.70. The molecule has 1 N–H and O–H groups in total. The molecule has 0 saturated heterocycles. The summed E-state index contributed by atoms with van der Waals surface area (Å²) in [5.74, 6) is -0.491. The lowest BCUT2D eigenvalue weighted by Crippen LogP contribution is -2.34. The normalized spacial score (nSPS) is 23.9. The third kappa shape index (κ3) is 5.41. The van der Waals surface area contributed by atoms with E-state index in [1.807, 2.05) is 20.8 Å². The van der Waals surface area contributed by atoms with Crippen molar-refractivity contribution in [3.8, 4) is 0 Å². The molecule has 0 heterocycles. The van der Waals surface area contributed by atoms with Gasteiger partial charge in [-0.15, -0.1) is 0 Å². The molecule has 0 unspecified atom stereocenters. The first-order chi connectivity index (χ1) is 9.03. The second-order valence-corrected chi connectivity index (χ2v) is 12.9. The van der Waals surface area contributed by atoms with Crippen molar-refractivity contribution in [2.24, 2.45) is 11.8 Å². The van der Waals surface area contributed by atoms with Crippen LogP contribution < -0.4 is 0 Å². The number of aliphatic hydroxyl groups is 1. The lowest BCUT2D eigenvalue weighted by Gasteiger charge is -2.27. The highest BCUT2D eigenvalue weighted by Crippen LogP contribution is 2.38. The van der Waals surface area contributed by atoms with Gasteiger partial charge in [0.2, 0.25) is 0 Å². The number of hydrogen-bond donors (Lipinski definition) is 1. The van der Waals surface area contributed by atoms with Crippen LogP contribution in [0, 0.1) is 11.8 Å². The summed E-state index contributed by atoms with van der Waals surface area (Å²) in [4.78, 5) is 12.3. The fourth-order valence-electron chi connectivity index (χ4n) is 2.84. The Hall–Kier alpha value is -0.613. The van der Waals surface area contributed by atoms with E-state index < -0.39 is 19.6 Å². The van der Waals surface area contributed by atoms with Crippen LogP contribution in [0.1, 0.15) is 40.0 Å². The van der Waals surface area contributed by atoms with E-state index in [0.717, 1.165) is 19.3 Å². The van der Waals surface area contributed by atoms with Crippen molar-refractivity contribution in [1.82, 2.24) is 0 Å². The first-order valence-corrected chi connectivity index (χ1v) is 11.2. The van der Waals surface area contributed by atoms with Crippen molar-refractivity contribution in [3.05, 3.63) is 11.3 Å². The summed E-state index contributed by atoms with van der Waals surface area (Å²) in [7, 11) is -1.30. The molecule has 0 bridgehead atoms. The second-order valence-electron chi connectivity index (χ2n) is 7.91. The van der Waals surface area contributed by atoms with Crippen molar-refractivity contribution in [1.29, 1.82) is 0 Å². The van der Waals surface area contributed by atoms with Gasteiger partial charge in [0.05, 0.1) is 20.6 Å². The molecule has 20 heavy (non-hydrogen) atoms. The molecule has 0 spiro atoms. The number of carbonyl (C=O) groups excluding carboxylic acids is 1. The van der Waals surface area contributed by atoms with E-state index in [4.69, 9.17) is 4.74 Å². The average molecular weight is 298 g/mol. The molecule has 1 aliphatic carbocycles. The summed E-state index contributed by atoms with van der Waals surface area (Å²) in [6.07, 6.45) is 3.16. The molecule has 0 aromatic heterocycles. The summed E-state index contributed by atoms with van der Waals surface area (Å²) >= 11 is 0. The Balaban J connectivity index is 2.89. The highest BCUT2D eigenvalue weighted by Gasteiger charge is 2.36. The molecule has 0 aromatic rings. The third-order valence-electron chi connectivity index (χ3n) is 3.47. The molecule has 1 rings (SSSR count). The van der Waals surface area contributed by atoms with Crippen LogP contribution in [0.3, 0.4) is 0 Å². The monoisotopic (exact) mass is 298 g/mol. The lowest BCUT2D eigenvalue weighted by molar-refractivity contribution is -0.163. The van der Waals surface area contributed by atoms with Crippen molar-refractivity contribution in [3.63, 3.8) is 0 Å². The largest absolute Gasteiger partial charge is 0.460 e. The summed E-state index contributed by atoms with van der Waals surface area (Å²) in [5.41, 5.74) is 3.28. The van der Waals surface area contributed by atoms with Gasteiger partial charge in [-0.1, -0.05) is 30.9 Å². The zero-order chi connectivity index (χ0) is 15.6. The average Bonchev–Trinajstić information content (AvgIpc) is 2.62. The Morgan fingerprint density at radius 1 is 1.45 bits per heavy atom. The SMILES string of the molecule is CC(C)(C)OC(=O)[C@H](CO)[C@H]1CCC/C1=C\[Si](C)(C)C. The Bertz CT molecular complexity index is 374. The van der Waals surface area contributed by atoms with Crippen LogP contribution in [0.5, 0.6) is 0 Å². The van der Waals surface area contributed by atoms with Gasteiger partial charge in [-0.25, -0.2) is 0 Å². The minimum absolute atomic E-state index is 0.122. The van der Waals surface area contributed by atoms with E-state index in [9.17, 15) is 9.90 Å². The Kier molecular flexibility index (Phi) is 5.61. The van der Waals surface area contributed by atoms with E-state index in [1.54, 1.807) is 0 Å². The predicted molar refractivity (Wildman–Crippen MR) is 85.2 cm³/mol. The Morgan fingerprint density at radius 2 is 2.05 bits per heavy atom. The fraction of sp³-hybridized carbons (Fsp3) is 0.812. The van der Waals surface area contributed by atoms with Crippen molar-refractivity contribution in [2.45, 2.75) is 65.3 Å². The zero-order valence-electron chi connectivity index (χ0n) is 13.8.